The molecule has 1 unspecified atom stereocenters. The molecule has 0 aliphatic carbocycles. The Morgan fingerprint density at radius 3 is 2.69 bits per heavy atom. The zero-order valence-corrected chi connectivity index (χ0v) is 7.05. The molecule has 2 heteroatoms. The first-order valence-electron chi connectivity index (χ1n) is 4.17. The van der Waals surface area contributed by atoms with Crippen LogP contribution in [0, 0.1) is 0 Å². The molecule has 0 fully saturated rings. The third-order valence-corrected chi connectivity index (χ3v) is 1.93. The van der Waals surface area contributed by atoms with E-state index in [4.69, 9.17) is 0 Å². The molecule has 1 aromatic carbocycles. The smallest absolute Gasteiger partial charge is 0.142 e. The summed E-state index contributed by atoms with van der Waals surface area (Å²) in [6, 6.07) is 10.1. The normalized spacial score (nSPS) is 20.0. The van der Waals surface area contributed by atoms with Crippen LogP contribution in [-0.4, -0.2) is 18.0 Å². The number of aliphatic imine (C=N–C) groups is 1. The van der Waals surface area contributed by atoms with Gasteiger partial charge >= 0.3 is 0 Å². The first kappa shape index (κ1) is 7.92. The quantitative estimate of drug-likeness (QED) is 0.502. The van der Waals surface area contributed by atoms with Gasteiger partial charge in [0.05, 0.1) is 5.71 Å². The van der Waals surface area contributed by atoms with Crippen LogP contribution < -0.4 is 0 Å². The molecule has 1 heterocycles. The third-order valence-electron chi connectivity index (χ3n) is 1.93. The summed E-state index contributed by atoms with van der Waals surface area (Å²) in [5.41, 5.74) is 2.21. The Balaban J connectivity index is 2.04. The molecule has 0 radical (unpaired) electrons. The molecule has 2 nitrogen and oxygen atoms in total. The molecule has 1 aromatic rings. The fourth-order valence-corrected chi connectivity index (χ4v) is 1.25. The zero-order chi connectivity index (χ0) is 9.10. The summed E-state index contributed by atoms with van der Waals surface area (Å²) < 4.78 is 0. The van der Waals surface area contributed by atoms with E-state index in [0.29, 0.717) is 0 Å². The van der Waals surface area contributed by atoms with Gasteiger partial charge in [-0.15, -0.1) is 0 Å². The van der Waals surface area contributed by atoms with Crippen molar-refractivity contribution in [2.75, 3.05) is 0 Å². The van der Waals surface area contributed by atoms with Crippen molar-refractivity contribution in [2.45, 2.75) is 6.04 Å². The number of aldehydes is 1. The number of nitrogens with zero attached hydrogens (tertiary/aromatic N) is 1. The van der Waals surface area contributed by atoms with Gasteiger partial charge in [0, 0.05) is 0 Å². The number of allylic oxidation sites excluding steroid dienone is 1. The lowest BCUT2D eigenvalue weighted by molar-refractivity contribution is -0.104. The van der Waals surface area contributed by atoms with E-state index in [2.05, 4.69) is 4.99 Å². The van der Waals surface area contributed by atoms with Gasteiger partial charge in [-0.1, -0.05) is 36.4 Å². The number of hydrogen-bond acceptors (Lipinski definition) is 2. The molecular formula is C11H9NO. The summed E-state index contributed by atoms with van der Waals surface area (Å²) in [5.74, 6) is 0. The van der Waals surface area contributed by atoms with Crippen LogP contribution in [-0.2, 0) is 4.79 Å². The number of rotatable bonds is 3. The molecule has 0 amide bonds. The van der Waals surface area contributed by atoms with Crippen molar-refractivity contribution in [1.82, 2.24) is 0 Å². The number of carbonyl (C=O) groups excluding carboxylic acids is 1. The van der Waals surface area contributed by atoms with Crippen LogP contribution in [0.4, 0.5) is 0 Å². The second-order valence-corrected chi connectivity index (χ2v) is 2.85. The van der Waals surface area contributed by atoms with Gasteiger partial charge in [-0.3, -0.25) is 9.79 Å². The van der Waals surface area contributed by atoms with Crippen LogP contribution in [0.3, 0.4) is 0 Å². The summed E-state index contributed by atoms with van der Waals surface area (Å²) >= 11 is 0. The molecule has 0 bridgehead atoms. The lowest BCUT2D eigenvalue weighted by Gasteiger charge is -1.90. The maximum Gasteiger partial charge on any atom is 0.142 e. The van der Waals surface area contributed by atoms with E-state index in [-0.39, 0.29) is 6.04 Å². The Hall–Kier alpha value is -1.70. The van der Waals surface area contributed by atoms with Crippen molar-refractivity contribution in [3.05, 3.63) is 48.0 Å². The highest BCUT2D eigenvalue weighted by molar-refractivity contribution is 6.14. The first-order valence-corrected chi connectivity index (χ1v) is 4.17. The average molecular weight is 171 g/mol. The topological polar surface area (TPSA) is 29.4 Å². The Bertz CT molecular complexity index is 365. The van der Waals surface area contributed by atoms with Crippen LogP contribution in [0.15, 0.2) is 47.5 Å². The van der Waals surface area contributed by atoms with E-state index < -0.39 is 0 Å². The van der Waals surface area contributed by atoms with Gasteiger partial charge < -0.3 is 0 Å². The Morgan fingerprint density at radius 1 is 1.23 bits per heavy atom. The highest BCUT2D eigenvalue weighted by atomic mass is 16.1. The van der Waals surface area contributed by atoms with Crippen LogP contribution in [0.5, 0.6) is 0 Å². The van der Waals surface area contributed by atoms with E-state index in [1.54, 1.807) is 6.08 Å². The SMILES string of the molecule is O=C/C=C/C1N=C1c1ccccc1. The van der Waals surface area contributed by atoms with E-state index >= 15 is 0 Å². The molecular weight excluding hydrogens is 162 g/mol. The highest BCUT2D eigenvalue weighted by Crippen LogP contribution is 2.20. The number of benzene rings is 1. The minimum Gasteiger partial charge on any atom is -0.299 e. The van der Waals surface area contributed by atoms with Crippen molar-refractivity contribution in [3.8, 4) is 0 Å². The molecule has 0 N–H and O–H groups in total. The fourth-order valence-electron chi connectivity index (χ4n) is 1.25. The van der Waals surface area contributed by atoms with Gasteiger partial charge in [0.1, 0.15) is 12.3 Å². The molecule has 0 spiro atoms. The molecule has 1 aliphatic rings. The van der Waals surface area contributed by atoms with Crippen LogP contribution >= 0.6 is 0 Å². The summed E-state index contributed by atoms with van der Waals surface area (Å²) in [6.45, 7) is 0. The van der Waals surface area contributed by atoms with Crippen molar-refractivity contribution < 1.29 is 4.79 Å². The van der Waals surface area contributed by atoms with Crippen molar-refractivity contribution in [2.24, 2.45) is 4.99 Å². The molecule has 13 heavy (non-hydrogen) atoms. The minimum absolute atomic E-state index is 0.132. The monoisotopic (exact) mass is 171 g/mol. The Kier molecular flexibility index (Phi) is 2.04. The van der Waals surface area contributed by atoms with Gasteiger partial charge in [0.15, 0.2) is 0 Å². The molecule has 1 atom stereocenters. The predicted octanol–water partition coefficient (Wildman–Crippen LogP) is 1.61. The number of hydrogen-bond donors (Lipinski definition) is 0. The zero-order valence-electron chi connectivity index (χ0n) is 7.05. The minimum atomic E-state index is 0.132. The largest absolute Gasteiger partial charge is 0.299 e. The average Bonchev–Trinajstić information content (AvgIpc) is 2.95. The summed E-state index contributed by atoms with van der Waals surface area (Å²) in [6.07, 6.45) is 4.07. The lowest BCUT2D eigenvalue weighted by Crippen LogP contribution is -1.94. The third kappa shape index (κ3) is 1.72. The van der Waals surface area contributed by atoms with Crippen molar-refractivity contribution in [1.29, 1.82) is 0 Å². The van der Waals surface area contributed by atoms with E-state index in [1.807, 2.05) is 30.3 Å². The van der Waals surface area contributed by atoms with Crippen LogP contribution in [0.1, 0.15) is 5.56 Å². The highest BCUT2D eigenvalue weighted by Gasteiger charge is 2.25. The second kappa shape index (κ2) is 3.35. The van der Waals surface area contributed by atoms with Crippen molar-refractivity contribution >= 4 is 12.0 Å². The molecule has 64 valence electrons. The van der Waals surface area contributed by atoms with Gasteiger partial charge in [0.25, 0.3) is 0 Å². The van der Waals surface area contributed by atoms with Gasteiger partial charge in [0.2, 0.25) is 0 Å². The van der Waals surface area contributed by atoms with E-state index in [0.717, 1.165) is 17.6 Å². The first-order chi connectivity index (χ1) is 6.42. The van der Waals surface area contributed by atoms with E-state index in [1.165, 1.54) is 6.08 Å². The summed E-state index contributed by atoms with van der Waals surface area (Å²) in [4.78, 5) is 14.3. The Morgan fingerprint density at radius 2 is 2.00 bits per heavy atom. The van der Waals surface area contributed by atoms with Crippen LogP contribution in [0.25, 0.3) is 0 Å². The predicted molar refractivity (Wildman–Crippen MR) is 52.0 cm³/mol. The molecule has 0 aromatic heterocycles. The Labute approximate surface area is 76.6 Å². The van der Waals surface area contributed by atoms with Gasteiger partial charge in [-0.2, -0.15) is 0 Å². The van der Waals surface area contributed by atoms with Crippen molar-refractivity contribution in [3.63, 3.8) is 0 Å². The number of carbonyl (C=O) groups is 1. The molecule has 1 aliphatic heterocycles. The summed E-state index contributed by atoms with van der Waals surface area (Å²) in [5, 5.41) is 0. The van der Waals surface area contributed by atoms with Gasteiger partial charge in [-0.25, -0.2) is 0 Å². The van der Waals surface area contributed by atoms with E-state index in [9.17, 15) is 4.79 Å². The van der Waals surface area contributed by atoms with Gasteiger partial charge in [-0.05, 0) is 11.6 Å². The standard InChI is InChI=1S/C11H9NO/c13-8-4-7-10-11(12-10)9-5-2-1-3-6-9/h1-8,10H/b7-4+. The fraction of sp³-hybridized carbons (Fsp3) is 0.0909. The molecule has 0 saturated heterocycles. The molecule has 0 saturated carbocycles. The maximum absolute atomic E-state index is 10.0. The molecule has 2 rings (SSSR count). The lowest BCUT2D eigenvalue weighted by atomic mass is 10.1. The summed E-state index contributed by atoms with van der Waals surface area (Å²) in [7, 11) is 0. The van der Waals surface area contributed by atoms with Crippen LogP contribution in [0.2, 0.25) is 0 Å². The maximum atomic E-state index is 10.0. The second-order valence-electron chi connectivity index (χ2n) is 2.85.